The second kappa shape index (κ2) is 9.36. The molecule has 0 spiro atoms. The van der Waals surface area contributed by atoms with Gasteiger partial charge in [-0.3, -0.25) is 14.9 Å². The van der Waals surface area contributed by atoms with Gasteiger partial charge >= 0.3 is 5.69 Å². The standard InChI is InChI=1S/C22H20N2O5/c1-16-7-12-21(20(13-16)24(26)27)29-15-22(25)23-18-8-10-19(11-9-18)28-14-17-5-3-2-4-6-17/h2-13H,14-15H2,1H3,(H,23,25). The van der Waals surface area contributed by atoms with Gasteiger partial charge in [0.25, 0.3) is 5.91 Å². The summed E-state index contributed by atoms with van der Waals surface area (Å²) in [6.45, 7) is 1.86. The Hall–Kier alpha value is -3.87. The van der Waals surface area contributed by atoms with E-state index in [-0.39, 0.29) is 18.0 Å². The Morgan fingerprint density at radius 3 is 2.41 bits per heavy atom. The second-order valence-corrected chi connectivity index (χ2v) is 6.36. The third-order valence-corrected chi connectivity index (χ3v) is 4.06. The normalized spacial score (nSPS) is 10.2. The van der Waals surface area contributed by atoms with Crippen LogP contribution in [-0.4, -0.2) is 17.4 Å². The lowest BCUT2D eigenvalue weighted by atomic mass is 10.2. The van der Waals surface area contributed by atoms with Crippen LogP contribution >= 0.6 is 0 Å². The van der Waals surface area contributed by atoms with E-state index < -0.39 is 10.8 Å². The van der Waals surface area contributed by atoms with Crippen molar-refractivity contribution in [2.75, 3.05) is 11.9 Å². The SMILES string of the molecule is Cc1ccc(OCC(=O)Nc2ccc(OCc3ccccc3)cc2)c([N+](=O)[O-])c1. The summed E-state index contributed by atoms with van der Waals surface area (Å²) < 4.78 is 11.0. The highest BCUT2D eigenvalue weighted by Crippen LogP contribution is 2.27. The van der Waals surface area contributed by atoms with Gasteiger partial charge in [-0.1, -0.05) is 36.4 Å². The highest BCUT2D eigenvalue weighted by atomic mass is 16.6. The molecule has 29 heavy (non-hydrogen) atoms. The van der Waals surface area contributed by atoms with Gasteiger partial charge in [0.2, 0.25) is 0 Å². The molecule has 0 saturated carbocycles. The van der Waals surface area contributed by atoms with Gasteiger partial charge in [-0.2, -0.15) is 0 Å². The van der Waals surface area contributed by atoms with E-state index in [2.05, 4.69) is 5.32 Å². The van der Waals surface area contributed by atoms with Crippen LogP contribution < -0.4 is 14.8 Å². The van der Waals surface area contributed by atoms with E-state index >= 15 is 0 Å². The highest BCUT2D eigenvalue weighted by molar-refractivity contribution is 5.92. The predicted molar refractivity (Wildman–Crippen MR) is 109 cm³/mol. The van der Waals surface area contributed by atoms with Crippen LogP contribution in [0, 0.1) is 17.0 Å². The van der Waals surface area contributed by atoms with Crippen molar-refractivity contribution >= 4 is 17.3 Å². The first-order valence-electron chi connectivity index (χ1n) is 8.96. The first-order valence-corrected chi connectivity index (χ1v) is 8.96. The summed E-state index contributed by atoms with van der Waals surface area (Å²) in [6, 6.07) is 21.3. The number of nitro groups is 1. The summed E-state index contributed by atoms with van der Waals surface area (Å²) in [5, 5.41) is 13.8. The van der Waals surface area contributed by atoms with Crippen LogP contribution in [0.15, 0.2) is 72.8 Å². The molecule has 0 unspecified atom stereocenters. The number of aryl methyl sites for hydroxylation is 1. The van der Waals surface area contributed by atoms with E-state index in [4.69, 9.17) is 9.47 Å². The number of nitrogens with zero attached hydrogens (tertiary/aromatic N) is 1. The molecular weight excluding hydrogens is 372 g/mol. The summed E-state index contributed by atoms with van der Waals surface area (Å²) in [7, 11) is 0. The zero-order chi connectivity index (χ0) is 20.6. The Kier molecular flexibility index (Phi) is 6.42. The number of rotatable bonds is 8. The topological polar surface area (TPSA) is 90.7 Å². The summed E-state index contributed by atoms with van der Waals surface area (Å²) in [5.74, 6) is 0.316. The first-order chi connectivity index (χ1) is 14.0. The van der Waals surface area contributed by atoms with Gasteiger partial charge in [0, 0.05) is 11.8 Å². The lowest BCUT2D eigenvalue weighted by molar-refractivity contribution is -0.385. The van der Waals surface area contributed by atoms with Crippen LogP contribution in [0.5, 0.6) is 11.5 Å². The van der Waals surface area contributed by atoms with Gasteiger partial charge in [-0.25, -0.2) is 0 Å². The van der Waals surface area contributed by atoms with Crippen molar-refractivity contribution in [2.45, 2.75) is 13.5 Å². The molecule has 1 amide bonds. The lowest BCUT2D eigenvalue weighted by Gasteiger charge is -2.10. The molecule has 148 valence electrons. The van der Waals surface area contributed by atoms with E-state index in [0.717, 1.165) is 11.1 Å². The summed E-state index contributed by atoms with van der Waals surface area (Å²) in [6.07, 6.45) is 0. The van der Waals surface area contributed by atoms with E-state index in [1.54, 1.807) is 37.3 Å². The number of hydrogen-bond acceptors (Lipinski definition) is 5. The van der Waals surface area contributed by atoms with Crippen LogP contribution in [0.4, 0.5) is 11.4 Å². The maximum atomic E-state index is 12.1. The number of ether oxygens (including phenoxy) is 2. The molecule has 0 aromatic heterocycles. The van der Waals surface area contributed by atoms with Crippen LogP contribution in [0.25, 0.3) is 0 Å². The largest absolute Gasteiger partial charge is 0.489 e. The van der Waals surface area contributed by atoms with Crippen molar-refractivity contribution in [3.8, 4) is 11.5 Å². The van der Waals surface area contributed by atoms with Gasteiger partial charge in [0.1, 0.15) is 12.4 Å². The van der Waals surface area contributed by atoms with Gasteiger partial charge < -0.3 is 14.8 Å². The Morgan fingerprint density at radius 2 is 1.72 bits per heavy atom. The number of benzene rings is 3. The first kappa shape index (κ1) is 19.9. The van der Waals surface area contributed by atoms with Crippen molar-refractivity contribution in [3.63, 3.8) is 0 Å². The van der Waals surface area contributed by atoms with E-state index in [9.17, 15) is 14.9 Å². The smallest absolute Gasteiger partial charge is 0.311 e. The molecule has 0 atom stereocenters. The monoisotopic (exact) mass is 392 g/mol. The third kappa shape index (κ3) is 5.80. The van der Waals surface area contributed by atoms with Crippen molar-refractivity contribution < 1.29 is 19.2 Å². The Bertz CT molecular complexity index is 988. The van der Waals surface area contributed by atoms with Gasteiger partial charge in [0.15, 0.2) is 12.4 Å². The van der Waals surface area contributed by atoms with E-state index in [1.807, 2.05) is 30.3 Å². The second-order valence-electron chi connectivity index (χ2n) is 6.36. The minimum Gasteiger partial charge on any atom is -0.489 e. The Balaban J connectivity index is 1.51. The van der Waals surface area contributed by atoms with Crippen molar-refractivity contribution in [2.24, 2.45) is 0 Å². The molecule has 7 nitrogen and oxygen atoms in total. The van der Waals surface area contributed by atoms with Gasteiger partial charge in [-0.15, -0.1) is 0 Å². The molecule has 0 aliphatic rings. The van der Waals surface area contributed by atoms with Crippen LogP contribution in [0.3, 0.4) is 0 Å². The molecule has 0 saturated heterocycles. The molecule has 3 aromatic rings. The molecule has 1 N–H and O–H groups in total. The van der Waals surface area contributed by atoms with Gasteiger partial charge in [0.05, 0.1) is 4.92 Å². The van der Waals surface area contributed by atoms with Crippen LogP contribution in [0.1, 0.15) is 11.1 Å². The van der Waals surface area contributed by atoms with E-state index in [1.165, 1.54) is 12.1 Å². The molecule has 0 radical (unpaired) electrons. The third-order valence-electron chi connectivity index (χ3n) is 4.06. The number of hydrogen-bond donors (Lipinski definition) is 1. The zero-order valence-corrected chi connectivity index (χ0v) is 15.8. The fourth-order valence-corrected chi connectivity index (χ4v) is 2.61. The van der Waals surface area contributed by atoms with Crippen LogP contribution in [0.2, 0.25) is 0 Å². The Morgan fingerprint density at radius 1 is 1.00 bits per heavy atom. The molecule has 0 bridgehead atoms. The number of nitro benzene ring substituents is 1. The van der Waals surface area contributed by atoms with Crippen molar-refractivity contribution in [1.82, 2.24) is 0 Å². The van der Waals surface area contributed by atoms with Crippen molar-refractivity contribution in [3.05, 3.63) is 94.0 Å². The fourth-order valence-electron chi connectivity index (χ4n) is 2.61. The maximum absolute atomic E-state index is 12.1. The van der Waals surface area contributed by atoms with Crippen LogP contribution in [-0.2, 0) is 11.4 Å². The maximum Gasteiger partial charge on any atom is 0.311 e. The molecule has 0 heterocycles. The zero-order valence-electron chi connectivity index (χ0n) is 15.8. The average Bonchev–Trinajstić information content (AvgIpc) is 2.73. The predicted octanol–water partition coefficient (Wildman–Crippen LogP) is 4.50. The van der Waals surface area contributed by atoms with E-state index in [0.29, 0.717) is 18.0 Å². The molecule has 3 aromatic carbocycles. The number of anilines is 1. The average molecular weight is 392 g/mol. The number of carbonyl (C=O) groups excluding carboxylic acids is 1. The minimum atomic E-state index is -0.533. The minimum absolute atomic E-state index is 0.0559. The number of carbonyl (C=O) groups is 1. The highest BCUT2D eigenvalue weighted by Gasteiger charge is 2.16. The molecule has 0 aliphatic heterocycles. The molecule has 0 aliphatic carbocycles. The fraction of sp³-hybridized carbons (Fsp3) is 0.136. The molecule has 7 heteroatoms. The summed E-state index contributed by atoms with van der Waals surface area (Å²) >= 11 is 0. The molecular formula is C22H20N2O5. The molecule has 0 fully saturated rings. The quantitative estimate of drug-likeness (QED) is 0.450. The lowest BCUT2D eigenvalue weighted by Crippen LogP contribution is -2.20. The number of amides is 1. The van der Waals surface area contributed by atoms with Gasteiger partial charge in [-0.05, 0) is 48.4 Å². The summed E-state index contributed by atoms with van der Waals surface area (Å²) in [4.78, 5) is 22.7. The summed E-state index contributed by atoms with van der Waals surface area (Å²) in [5.41, 5.74) is 2.21. The van der Waals surface area contributed by atoms with Crippen molar-refractivity contribution in [1.29, 1.82) is 0 Å². The molecule has 3 rings (SSSR count). The Labute approximate surface area is 168 Å². The number of nitrogens with one attached hydrogen (secondary N) is 1.